The van der Waals surface area contributed by atoms with Crippen LogP contribution in [-0.2, 0) is 0 Å². The number of carbonyl (C=O) groups is 1. The van der Waals surface area contributed by atoms with Gasteiger partial charge in [-0.15, -0.1) is 0 Å². The average molecular weight is 327 g/mol. The van der Waals surface area contributed by atoms with E-state index in [1.807, 2.05) is 0 Å². The molecule has 1 heterocycles. The molecule has 3 rings (SSSR count). The number of rotatable bonds is 4. The van der Waals surface area contributed by atoms with Gasteiger partial charge in [-0.05, 0) is 25.0 Å². The first-order valence-electron chi connectivity index (χ1n) is 6.33. The third-order valence-corrected chi connectivity index (χ3v) is 4.28. The van der Waals surface area contributed by atoms with Crippen LogP contribution in [0.1, 0.15) is 22.5 Å². The largest absolute Gasteiger partial charge is 0.382 e. The summed E-state index contributed by atoms with van der Waals surface area (Å²) in [5.41, 5.74) is 5.68. The summed E-state index contributed by atoms with van der Waals surface area (Å²) in [6, 6.07) is 4.59. The molecule has 0 spiro atoms. The lowest BCUT2D eigenvalue weighted by Gasteiger charge is -2.07. The Morgan fingerprint density at radius 1 is 1.48 bits per heavy atom. The topological polar surface area (TPSA) is 80.0 Å². The molecular formula is C13H12ClFN4OS. The molecule has 1 aliphatic carbocycles. The van der Waals surface area contributed by atoms with Gasteiger partial charge in [0.05, 0.1) is 10.7 Å². The summed E-state index contributed by atoms with van der Waals surface area (Å²) in [4.78, 5) is 16.5. The van der Waals surface area contributed by atoms with Crippen LogP contribution in [0.2, 0.25) is 5.02 Å². The molecular weight excluding hydrogens is 315 g/mol. The van der Waals surface area contributed by atoms with E-state index in [1.54, 1.807) is 0 Å². The molecule has 110 valence electrons. The van der Waals surface area contributed by atoms with E-state index in [9.17, 15) is 9.18 Å². The van der Waals surface area contributed by atoms with Gasteiger partial charge in [0.25, 0.3) is 5.91 Å². The van der Waals surface area contributed by atoms with Crippen LogP contribution >= 0.6 is 22.9 Å². The van der Waals surface area contributed by atoms with Gasteiger partial charge in [0.15, 0.2) is 5.13 Å². The molecule has 4 N–H and O–H groups in total. The lowest BCUT2D eigenvalue weighted by atomic mass is 10.3. The Morgan fingerprint density at radius 2 is 2.24 bits per heavy atom. The highest BCUT2D eigenvalue weighted by atomic mass is 35.5. The molecule has 0 saturated heterocycles. The number of nitrogens with one attached hydrogen (secondary N) is 2. The maximum absolute atomic E-state index is 13.7. The van der Waals surface area contributed by atoms with Crippen LogP contribution in [0.5, 0.6) is 0 Å². The minimum absolute atomic E-state index is 0.0614. The van der Waals surface area contributed by atoms with E-state index < -0.39 is 11.7 Å². The Hall–Kier alpha value is -1.86. The van der Waals surface area contributed by atoms with E-state index in [4.69, 9.17) is 17.3 Å². The number of benzene rings is 1. The van der Waals surface area contributed by atoms with Gasteiger partial charge in [-0.2, -0.15) is 0 Å². The number of anilines is 3. The molecule has 5 nitrogen and oxygen atoms in total. The third kappa shape index (κ3) is 3.08. The molecule has 21 heavy (non-hydrogen) atoms. The summed E-state index contributed by atoms with van der Waals surface area (Å²) < 4.78 is 13.7. The van der Waals surface area contributed by atoms with Crippen LogP contribution in [0.15, 0.2) is 18.2 Å². The molecule has 0 bridgehead atoms. The second-order valence-corrected chi connectivity index (χ2v) is 6.11. The second-order valence-electron chi connectivity index (χ2n) is 4.70. The fourth-order valence-corrected chi connectivity index (χ4v) is 2.81. The summed E-state index contributed by atoms with van der Waals surface area (Å²) in [6.45, 7) is 0. The van der Waals surface area contributed by atoms with E-state index in [1.165, 1.54) is 18.2 Å². The molecule has 0 radical (unpaired) electrons. The highest BCUT2D eigenvalue weighted by Gasteiger charge is 2.24. The quantitative estimate of drug-likeness (QED) is 0.805. The zero-order valence-electron chi connectivity index (χ0n) is 10.8. The van der Waals surface area contributed by atoms with E-state index in [-0.39, 0.29) is 21.4 Å². The van der Waals surface area contributed by atoms with Crippen molar-refractivity contribution in [3.8, 4) is 0 Å². The van der Waals surface area contributed by atoms with Crippen molar-refractivity contribution in [2.24, 2.45) is 0 Å². The Kier molecular flexibility index (Phi) is 3.69. The van der Waals surface area contributed by atoms with E-state index in [0.29, 0.717) is 11.2 Å². The standard InChI is InChI=1S/C13H12ClFN4OS/c14-7-2-1-3-8(15)9(7)18-12(20)10-11(16)19-13(21-10)17-6-4-5-6/h1-3,6H,4-5,16H2,(H,17,19)(H,18,20). The molecule has 8 heteroatoms. The molecule has 1 saturated carbocycles. The van der Waals surface area contributed by atoms with Gasteiger partial charge in [0.1, 0.15) is 16.5 Å². The zero-order valence-corrected chi connectivity index (χ0v) is 12.4. The van der Waals surface area contributed by atoms with Crippen LogP contribution in [0.3, 0.4) is 0 Å². The van der Waals surface area contributed by atoms with Crippen LogP contribution in [0.25, 0.3) is 0 Å². The minimum Gasteiger partial charge on any atom is -0.382 e. The third-order valence-electron chi connectivity index (χ3n) is 2.97. The van der Waals surface area contributed by atoms with Gasteiger partial charge < -0.3 is 16.4 Å². The SMILES string of the molecule is Nc1nc(NC2CC2)sc1C(=O)Nc1c(F)cccc1Cl. The van der Waals surface area contributed by atoms with Gasteiger partial charge in [0.2, 0.25) is 0 Å². The summed E-state index contributed by atoms with van der Waals surface area (Å²) in [6.07, 6.45) is 2.18. The first-order chi connectivity index (χ1) is 10.0. The highest BCUT2D eigenvalue weighted by Crippen LogP contribution is 2.32. The Morgan fingerprint density at radius 3 is 2.90 bits per heavy atom. The van der Waals surface area contributed by atoms with Gasteiger partial charge >= 0.3 is 0 Å². The number of halogens is 2. The zero-order chi connectivity index (χ0) is 15.0. The molecule has 0 aliphatic heterocycles. The van der Waals surface area contributed by atoms with Gasteiger partial charge in [-0.25, -0.2) is 9.37 Å². The molecule has 1 fully saturated rings. The number of thiazole rings is 1. The number of para-hydroxylation sites is 1. The Bertz CT molecular complexity index is 681. The molecule has 1 amide bonds. The average Bonchev–Trinajstić information content (AvgIpc) is 3.16. The number of nitrogens with zero attached hydrogens (tertiary/aromatic N) is 1. The van der Waals surface area contributed by atoms with Gasteiger partial charge in [0, 0.05) is 6.04 Å². The fourth-order valence-electron chi connectivity index (χ4n) is 1.75. The number of hydrogen-bond acceptors (Lipinski definition) is 5. The van der Waals surface area contributed by atoms with Crippen LogP contribution < -0.4 is 16.4 Å². The highest BCUT2D eigenvalue weighted by molar-refractivity contribution is 7.18. The van der Waals surface area contributed by atoms with Crippen molar-refractivity contribution in [3.05, 3.63) is 33.9 Å². The summed E-state index contributed by atoms with van der Waals surface area (Å²) in [7, 11) is 0. The van der Waals surface area contributed by atoms with Crippen molar-refractivity contribution in [2.75, 3.05) is 16.4 Å². The number of amides is 1. The predicted molar refractivity (Wildman–Crippen MR) is 82.5 cm³/mol. The Balaban J connectivity index is 1.80. The number of nitrogens with two attached hydrogens (primary N) is 1. The summed E-state index contributed by atoms with van der Waals surface area (Å²) in [5, 5.41) is 6.33. The van der Waals surface area contributed by atoms with Crippen LogP contribution in [0.4, 0.5) is 21.0 Å². The number of carbonyl (C=O) groups excluding carboxylic acids is 1. The van der Waals surface area contributed by atoms with Crippen molar-refractivity contribution in [1.82, 2.24) is 4.98 Å². The van der Waals surface area contributed by atoms with Crippen molar-refractivity contribution in [2.45, 2.75) is 18.9 Å². The maximum Gasteiger partial charge on any atom is 0.269 e. The predicted octanol–water partition coefficient (Wildman–Crippen LogP) is 3.34. The lowest BCUT2D eigenvalue weighted by molar-refractivity contribution is 0.103. The summed E-state index contributed by atoms with van der Waals surface area (Å²) in [5.74, 6) is -1.01. The maximum atomic E-state index is 13.7. The monoisotopic (exact) mass is 326 g/mol. The molecule has 0 atom stereocenters. The van der Waals surface area contributed by atoms with Crippen molar-refractivity contribution >= 4 is 45.5 Å². The molecule has 1 aromatic carbocycles. The van der Waals surface area contributed by atoms with Crippen LogP contribution in [-0.4, -0.2) is 16.9 Å². The lowest BCUT2D eigenvalue weighted by Crippen LogP contribution is -2.13. The Labute approximate surface area is 129 Å². The van der Waals surface area contributed by atoms with Crippen molar-refractivity contribution in [1.29, 1.82) is 0 Å². The number of nitrogen functional groups attached to an aromatic ring is 1. The molecule has 2 aromatic rings. The normalized spacial score (nSPS) is 14.0. The number of hydrogen-bond donors (Lipinski definition) is 3. The van der Waals surface area contributed by atoms with Crippen molar-refractivity contribution in [3.63, 3.8) is 0 Å². The summed E-state index contributed by atoms with van der Waals surface area (Å²) >= 11 is 7.01. The first-order valence-corrected chi connectivity index (χ1v) is 7.52. The first kappa shape index (κ1) is 14.1. The minimum atomic E-state index is -0.602. The van der Waals surface area contributed by atoms with E-state index in [0.717, 1.165) is 24.2 Å². The van der Waals surface area contributed by atoms with E-state index in [2.05, 4.69) is 15.6 Å². The smallest absolute Gasteiger partial charge is 0.269 e. The fraction of sp³-hybridized carbons (Fsp3) is 0.231. The van der Waals surface area contributed by atoms with Gasteiger partial charge in [-0.1, -0.05) is 29.0 Å². The van der Waals surface area contributed by atoms with Crippen LogP contribution in [0, 0.1) is 5.82 Å². The number of aromatic nitrogens is 1. The molecule has 1 aliphatic rings. The molecule has 0 unspecified atom stereocenters. The van der Waals surface area contributed by atoms with E-state index >= 15 is 0 Å². The van der Waals surface area contributed by atoms with Crippen molar-refractivity contribution < 1.29 is 9.18 Å². The molecule has 1 aromatic heterocycles. The van der Waals surface area contributed by atoms with Gasteiger partial charge in [-0.3, -0.25) is 4.79 Å². The second kappa shape index (κ2) is 5.50.